The van der Waals surface area contributed by atoms with Gasteiger partial charge in [0.15, 0.2) is 6.10 Å². The first-order valence-corrected chi connectivity index (χ1v) is 27.0. The van der Waals surface area contributed by atoms with Crippen LogP contribution >= 0.6 is 7.82 Å². The van der Waals surface area contributed by atoms with Crippen molar-refractivity contribution < 1.29 is 63.1 Å². The lowest BCUT2D eigenvalue weighted by Crippen LogP contribution is -2.64. The van der Waals surface area contributed by atoms with Crippen molar-refractivity contribution in [2.75, 3.05) is 13.2 Å². The molecule has 0 aromatic carbocycles. The first-order valence-electron chi connectivity index (χ1n) is 25.5. The first kappa shape index (κ1) is 59.6. The van der Waals surface area contributed by atoms with Gasteiger partial charge in [-0.05, 0) is 32.1 Å². The Kier molecular flexibility index (Phi) is 37.6. The van der Waals surface area contributed by atoms with Crippen molar-refractivity contribution in [2.45, 2.75) is 275 Å². The molecule has 63 heavy (non-hydrogen) atoms. The molecule has 1 fully saturated rings. The molecule has 372 valence electrons. The summed E-state index contributed by atoms with van der Waals surface area (Å²) in [6, 6.07) is 0. The number of ether oxygens (including phenoxy) is 2. The van der Waals surface area contributed by atoms with Crippen LogP contribution in [0, 0.1) is 0 Å². The molecule has 0 spiro atoms. The smallest absolute Gasteiger partial charge is 0.462 e. The summed E-state index contributed by atoms with van der Waals surface area (Å²) >= 11 is 0. The van der Waals surface area contributed by atoms with Gasteiger partial charge in [0.25, 0.3) is 0 Å². The molecule has 6 unspecified atom stereocenters. The number of phosphoric ester groups is 1. The summed E-state index contributed by atoms with van der Waals surface area (Å²) in [4.78, 5) is 35.8. The van der Waals surface area contributed by atoms with Crippen LogP contribution in [-0.4, -0.2) is 98.3 Å². The van der Waals surface area contributed by atoms with Crippen LogP contribution in [0.2, 0.25) is 0 Å². The molecule has 0 aliphatic heterocycles. The lowest BCUT2D eigenvalue weighted by molar-refractivity contribution is -0.220. The van der Waals surface area contributed by atoms with Gasteiger partial charge in [-0.1, -0.05) is 199 Å². The van der Waals surface area contributed by atoms with Crippen molar-refractivity contribution in [3.63, 3.8) is 0 Å². The van der Waals surface area contributed by atoms with E-state index in [1.54, 1.807) is 0 Å². The fourth-order valence-corrected chi connectivity index (χ4v) is 8.95. The average Bonchev–Trinajstić information content (AvgIpc) is 3.26. The highest BCUT2D eigenvalue weighted by molar-refractivity contribution is 7.47. The van der Waals surface area contributed by atoms with E-state index < -0.39 is 75.7 Å². The summed E-state index contributed by atoms with van der Waals surface area (Å²) in [6.07, 6.45) is 29.7. The molecule has 0 aromatic rings. The van der Waals surface area contributed by atoms with E-state index in [0.717, 1.165) is 51.4 Å². The molecule has 14 heteroatoms. The first-order chi connectivity index (χ1) is 30.4. The molecule has 6 N–H and O–H groups in total. The molecule has 13 nitrogen and oxygen atoms in total. The number of allylic oxidation sites excluding steroid dienone is 2. The molecule has 0 radical (unpaired) electrons. The predicted octanol–water partition coefficient (Wildman–Crippen LogP) is 10.6. The van der Waals surface area contributed by atoms with Gasteiger partial charge >= 0.3 is 19.8 Å². The lowest BCUT2D eigenvalue weighted by atomic mass is 9.85. The standard InChI is InChI=1S/C49H93O13P/c1-3-5-7-9-11-13-15-17-19-20-21-22-24-25-27-29-31-33-35-37-42(50)59-39-41(40-60-63(57,58)62-49-47(55)45(53)44(52)46(54)48(49)56)61-43(51)38-36-34-32-30-28-26-23-18-16-14-12-10-8-6-4-2/h10,12,41,44-49,52-56H,3-9,11,13-40H2,1-2H3,(H,57,58)/b12-10+/t41-,44?,45-,46?,47?,48?,49?/m0/s1. The number of hydrogen-bond acceptors (Lipinski definition) is 12. The number of aliphatic hydroxyl groups excluding tert-OH is 5. The van der Waals surface area contributed by atoms with Crippen molar-refractivity contribution in [1.82, 2.24) is 0 Å². The fraction of sp³-hybridized carbons (Fsp3) is 0.918. The van der Waals surface area contributed by atoms with Crippen LogP contribution in [0.1, 0.15) is 232 Å². The molecule has 0 heterocycles. The number of unbranched alkanes of at least 4 members (excludes halogenated alkanes) is 29. The van der Waals surface area contributed by atoms with Crippen molar-refractivity contribution in [3.05, 3.63) is 12.2 Å². The van der Waals surface area contributed by atoms with Crippen molar-refractivity contribution >= 4 is 19.8 Å². The Balaban J connectivity index is 2.38. The predicted molar refractivity (Wildman–Crippen MR) is 249 cm³/mol. The van der Waals surface area contributed by atoms with E-state index in [1.807, 2.05) is 0 Å². The van der Waals surface area contributed by atoms with Gasteiger partial charge in [0.1, 0.15) is 43.2 Å². The molecule has 0 bridgehead atoms. The van der Waals surface area contributed by atoms with Crippen LogP contribution in [-0.2, 0) is 32.7 Å². The monoisotopic (exact) mass is 921 g/mol. The number of carbonyl (C=O) groups is 2. The largest absolute Gasteiger partial charge is 0.472 e. The zero-order valence-electron chi connectivity index (χ0n) is 39.6. The zero-order chi connectivity index (χ0) is 46.4. The molecule has 0 saturated heterocycles. The summed E-state index contributed by atoms with van der Waals surface area (Å²) in [5.41, 5.74) is 0. The number of hydrogen-bond donors (Lipinski definition) is 6. The minimum Gasteiger partial charge on any atom is -0.462 e. The molecule has 1 rings (SSSR count). The molecule has 0 amide bonds. The number of aliphatic hydroxyl groups is 5. The van der Waals surface area contributed by atoms with Crippen molar-refractivity contribution in [3.8, 4) is 0 Å². The average molecular weight is 921 g/mol. The van der Waals surface area contributed by atoms with Gasteiger partial charge in [-0.2, -0.15) is 0 Å². The van der Waals surface area contributed by atoms with Crippen LogP contribution in [0.3, 0.4) is 0 Å². The van der Waals surface area contributed by atoms with Crippen molar-refractivity contribution in [1.29, 1.82) is 0 Å². The lowest BCUT2D eigenvalue weighted by Gasteiger charge is -2.41. The van der Waals surface area contributed by atoms with E-state index in [0.29, 0.717) is 12.8 Å². The second-order valence-electron chi connectivity index (χ2n) is 18.0. The van der Waals surface area contributed by atoms with Gasteiger partial charge in [0.2, 0.25) is 0 Å². The van der Waals surface area contributed by atoms with E-state index in [-0.39, 0.29) is 12.8 Å². The number of esters is 2. The molecule has 0 aromatic heterocycles. The molecule has 1 aliphatic rings. The normalized spacial score (nSPS) is 21.7. The topological polar surface area (TPSA) is 210 Å². The van der Waals surface area contributed by atoms with E-state index in [2.05, 4.69) is 26.0 Å². The van der Waals surface area contributed by atoms with Crippen LogP contribution in [0.4, 0.5) is 0 Å². The second-order valence-corrected chi connectivity index (χ2v) is 19.4. The zero-order valence-corrected chi connectivity index (χ0v) is 40.5. The SMILES string of the molecule is CCCC/C=C/CCCCCCCCCCCC(=O)O[C@@H](COC(=O)CCCCCCCCCCCCCCCCCCCCC)COP(=O)(O)OC1C(O)C(O)C(O)[C@H](O)C1O. The summed E-state index contributed by atoms with van der Waals surface area (Å²) in [6.45, 7) is 3.31. The highest BCUT2D eigenvalue weighted by atomic mass is 31.2. The molecule has 1 saturated carbocycles. The van der Waals surface area contributed by atoms with Gasteiger partial charge in [-0.25, -0.2) is 4.57 Å². The van der Waals surface area contributed by atoms with Crippen LogP contribution in [0.15, 0.2) is 12.2 Å². The Morgan fingerprint density at radius 2 is 0.825 bits per heavy atom. The van der Waals surface area contributed by atoms with E-state index in [1.165, 1.54) is 141 Å². The molecular formula is C49H93O13P. The third kappa shape index (κ3) is 32.0. The van der Waals surface area contributed by atoms with Gasteiger partial charge in [0.05, 0.1) is 6.61 Å². The van der Waals surface area contributed by atoms with Gasteiger partial charge in [-0.15, -0.1) is 0 Å². The van der Waals surface area contributed by atoms with Crippen molar-refractivity contribution in [2.24, 2.45) is 0 Å². The van der Waals surface area contributed by atoms with E-state index in [4.69, 9.17) is 18.5 Å². The minimum atomic E-state index is -5.12. The van der Waals surface area contributed by atoms with Crippen LogP contribution in [0.25, 0.3) is 0 Å². The Labute approximate surface area is 382 Å². The van der Waals surface area contributed by atoms with Gasteiger partial charge in [-0.3, -0.25) is 18.6 Å². The van der Waals surface area contributed by atoms with Gasteiger partial charge in [0, 0.05) is 12.8 Å². The summed E-state index contributed by atoms with van der Waals surface area (Å²) in [5, 5.41) is 50.2. The van der Waals surface area contributed by atoms with Crippen LogP contribution < -0.4 is 0 Å². The van der Waals surface area contributed by atoms with Gasteiger partial charge < -0.3 is 39.9 Å². The molecular weight excluding hydrogens is 828 g/mol. The second kappa shape index (κ2) is 39.7. The maximum atomic E-state index is 12.8. The summed E-state index contributed by atoms with van der Waals surface area (Å²) in [7, 11) is -5.12. The Hall–Kier alpha value is -1.41. The number of phosphoric acid groups is 1. The minimum absolute atomic E-state index is 0.0986. The van der Waals surface area contributed by atoms with E-state index in [9.17, 15) is 44.6 Å². The highest BCUT2D eigenvalue weighted by Crippen LogP contribution is 2.47. The molecule has 1 aliphatic carbocycles. The molecule has 8 atom stereocenters. The number of carbonyl (C=O) groups excluding carboxylic acids is 2. The third-order valence-electron chi connectivity index (χ3n) is 12.1. The Morgan fingerprint density at radius 3 is 1.25 bits per heavy atom. The fourth-order valence-electron chi connectivity index (χ4n) is 7.98. The van der Waals surface area contributed by atoms with Crippen LogP contribution in [0.5, 0.6) is 0 Å². The highest BCUT2D eigenvalue weighted by Gasteiger charge is 2.51. The quantitative estimate of drug-likeness (QED) is 0.0146. The Bertz CT molecular complexity index is 1160. The maximum Gasteiger partial charge on any atom is 0.472 e. The third-order valence-corrected chi connectivity index (χ3v) is 13.1. The Morgan fingerprint density at radius 1 is 0.476 bits per heavy atom. The van der Waals surface area contributed by atoms with E-state index >= 15 is 0 Å². The maximum absolute atomic E-state index is 12.8. The summed E-state index contributed by atoms with van der Waals surface area (Å²) in [5.74, 6) is -1.09. The summed E-state index contributed by atoms with van der Waals surface area (Å²) < 4.78 is 33.6. The number of rotatable bonds is 43.